The molecule has 1 fully saturated rings. The first-order valence-electron chi connectivity index (χ1n) is 7.89. The van der Waals surface area contributed by atoms with E-state index < -0.39 is 0 Å². The maximum absolute atomic E-state index is 12.5. The van der Waals surface area contributed by atoms with Gasteiger partial charge < -0.3 is 20.5 Å². The van der Waals surface area contributed by atoms with Crippen LogP contribution in [-0.4, -0.2) is 36.7 Å². The number of ether oxygens (including phenoxy) is 2. The van der Waals surface area contributed by atoms with E-state index in [2.05, 4.69) is 10.2 Å². The Hall–Kier alpha value is -1.37. The molecule has 136 valence electrons. The highest BCUT2D eigenvalue weighted by Crippen LogP contribution is 2.38. The Balaban J connectivity index is 0.00000144. The molecule has 0 spiro atoms. The topological polar surface area (TPSA) is 76.8 Å². The molecule has 2 heterocycles. The highest BCUT2D eigenvalue weighted by molar-refractivity contribution is 5.97. The van der Waals surface area contributed by atoms with Crippen LogP contribution in [0.2, 0.25) is 0 Å². The monoisotopic (exact) mass is 377 g/mol. The van der Waals surface area contributed by atoms with Crippen molar-refractivity contribution in [2.24, 2.45) is 0 Å². The second-order valence-corrected chi connectivity index (χ2v) is 5.91. The number of nitrogens with one attached hydrogen (secondary N) is 1. The van der Waals surface area contributed by atoms with Crippen LogP contribution in [0.5, 0.6) is 11.5 Å². The first-order chi connectivity index (χ1) is 10.6. The maximum atomic E-state index is 12.5. The van der Waals surface area contributed by atoms with Gasteiger partial charge in [0.15, 0.2) is 11.5 Å². The first-order valence-corrected chi connectivity index (χ1v) is 7.89. The number of fused-ring (bicyclic) bond motifs is 1. The average molecular weight is 378 g/mol. The van der Waals surface area contributed by atoms with E-state index in [4.69, 9.17) is 15.2 Å². The van der Waals surface area contributed by atoms with Crippen molar-refractivity contribution in [3.63, 3.8) is 0 Å². The van der Waals surface area contributed by atoms with Gasteiger partial charge in [0, 0.05) is 12.1 Å². The number of benzene rings is 1. The van der Waals surface area contributed by atoms with E-state index in [1.165, 1.54) is 12.8 Å². The van der Waals surface area contributed by atoms with Crippen molar-refractivity contribution < 1.29 is 14.3 Å². The quantitative estimate of drug-likeness (QED) is 0.791. The fourth-order valence-electron chi connectivity index (χ4n) is 2.95. The number of nitrogens with zero attached hydrogens (tertiary/aromatic N) is 1. The third kappa shape index (κ3) is 4.59. The number of nitrogens with two attached hydrogens (primary N) is 1. The minimum Gasteiger partial charge on any atom is -0.454 e. The number of anilines is 2. The molecular formula is C16H25Cl2N3O3. The minimum atomic E-state index is -0.164. The Kier molecular flexibility index (Phi) is 7.93. The van der Waals surface area contributed by atoms with Gasteiger partial charge in [-0.1, -0.05) is 12.8 Å². The normalized spacial score (nSPS) is 17.9. The number of hydrogen-bond acceptors (Lipinski definition) is 5. The first kappa shape index (κ1) is 20.7. The predicted octanol–water partition coefficient (Wildman–Crippen LogP) is 3.04. The van der Waals surface area contributed by atoms with Crippen molar-refractivity contribution in [2.75, 3.05) is 30.9 Å². The van der Waals surface area contributed by atoms with Crippen LogP contribution in [0.25, 0.3) is 0 Å². The second kappa shape index (κ2) is 9.20. The van der Waals surface area contributed by atoms with E-state index >= 15 is 0 Å². The van der Waals surface area contributed by atoms with Gasteiger partial charge >= 0.3 is 0 Å². The summed E-state index contributed by atoms with van der Waals surface area (Å²) in [6.07, 6.45) is 4.81. The molecule has 6 nitrogen and oxygen atoms in total. The van der Waals surface area contributed by atoms with E-state index in [1.54, 1.807) is 12.1 Å². The molecule has 0 aromatic heterocycles. The van der Waals surface area contributed by atoms with Gasteiger partial charge in [0.1, 0.15) is 0 Å². The Morgan fingerprint density at radius 1 is 1.12 bits per heavy atom. The van der Waals surface area contributed by atoms with Gasteiger partial charge in [-0.2, -0.15) is 0 Å². The Bertz CT molecular complexity index is 564. The van der Waals surface area contributed by atoms with Crippen LogP contribution in [0.15, 0.2) is 12.1 Å². The second-order valence-electron chi connectivity index (χ2n) is 5.91. The highest BCUT2D eigenvalue weighted by atomic mass is 35.5. The predicted molar refractivity (Wildman–Crippen MR) is 99.6 cm³/mol. The number of carbonyl (C=O) groups excluding carboxylic acids is 1. The van der Waals surface area contributed by atoms with Crippen molar-refractivity contribution >= 4 is 42.1 Å². The smallest absolute Gasteiger partial charge is 0.241 e. The van der Waals surface area contributed by atoms with E-state index in [-0.39, 0.29) is 43.6 Å². The Morgan fingerprint density at radius 3 is 2.33 bits per heavy atom. The fourth-order valence-corrected chi connectivity index (χ4v) is 2.95. The summed E-state index contributed by atoms with van der Waals surface area (Å²) >= 11 is 0. The zero-order valence-electron chi connectivity index (χ0n) is 13.7. The summed E-state index contributed by atoms with van der Waals surface area (Å²) in [6, 6.07) is 3.25. The van der Waals surface area contributed by atoms with E-state index in [0.29, 0.717) is 22.9 Å². The molecule has 1 atom stereocenters. The molecule has 3 N–H and O–H groups in total. The summed E-state index contributed by atoms with van der Waals surface area (Å²) in [4.78, 5) is 14.7. The van der Waals surface area contributed by atoms with Crippen LogP contribution in [0.1, 0.15) is 32.6 Å². The average Bonchev–Trinajstić information content (AvgIpc) is 2.79. The molecule has 2 aliphatic rings. The molecule has 2 aliphatic heterocycles. The van der Waals surface area contributed by atoms with Crippen LogP contribution in [0.4, 0.5) is 11.4 Å². The van der Waals surface area contributed by atoms with Crippen molar-refractivity contribution in [1.29, 1.82) is 0 Å². The number of halogens is 2. The fraction of sp³-hybridized carbons (Fsp3) is 0.562. The molecule has 0 aliphatic carbocycles. The Labute approximate surface area is 154 Å². The molecule has 24 heavy (non-hydrogen) atoms. The third-order valence-corrected chi connectivity index (χ3v) is 4.37. The van der Waals surface area contributed by atoms with Gasteiger partial charge in [-0.05, 0) is 32.9 Å². The zero-order valence-corrected chi connectivity index (χ0v) is 15.4. The molecule has 0 radical (unpaired) electrons. The number of rotatable bonds is 3. The van der Waals surface area contributed by atoms with Gasteiger partial charge in [-0.15, -0.1) is 24.8 Å². The SMILES string of the molecule is CC(C(=O)Nc1cc2c(cc1N)OCO2)N1CCCCCC1.Cl.Cl. The van der Waals surface area contributed by atoms with Gasteiger partial charge in [0.2, 0.25) is 12.7 Å². The molecule has 0 saturated carbocycles. The molecular weight excluding hydrogens is 353 g/mol. The summed E-state index contributed by atoms with van der Waals surface area (Å²) in [5, 5.41) is 2.92. The third-order valence-electron chi connectivity index (χ3n) is 4.37. The number of hydrogen-bond donors (Lipinski definition) is 2. The lowest BCUT2D eigenvalue weighted by atomic mass is 10.2. The van der Waals surface area contributed by atoms with Crippen molar-refractivity contribution in [3.8, 4) is 11.5 Å². The lowest BCUT2D eigenvalue weighted by molar-refractivity contribution is -0.120. The maximum Gasteiger partial charge on any atom is 0.241 e. The van der Waals surface area contributed by atoms with Gasteiger partial charge in [-0.25, -0.2) is 0 Å². The summed E-state index contributed by atoms with van der Waals surface area (Å²) in [5.41, 5.74) is 7.05. The number of likely N-dealkylation sites (tertiary alicyclic amines) is 1. The van der Waals surface area contributed by atoms with Crippen LogP contribution >= 0.6 is 24.8 Å². The number of carbonyl (C=O) groups is 1. The molecule has 1 aromatic rings. The van der Waals surface area contributed by atoms with Gasteiger partial charge in [0.05, 0.1) is 17.4 Å². The molecule has 1 aromatic carbocycles. The van der Waals surface area contributed by atoms with Crippen LogP contribution in [0, 0.1) is 0 Å². The molecule has 1 amide bonds. The van der Waals surface area contributed by atoms with E-state index in [1.807, 2.05) is 6.92 Å². The number of amides is 1. The summed E-state index contributed by atoms with van der Waals surface area (Å²) in [6.45, 7) is 4.09. The molecule has 3 rings (SSSR count). The number of nitrogen functional groups attached to an aromatic ring is 1. The van der Waals surface area contributed by atoms with Crippen LogP contribution in [0.3, 0.4) is 0 Å². The minimum absolute atomic E-state index is 0. The van der Waals surface area contributed by atoms with Crippen molar-refractivity contribution in [2.45, 2.75) is 38.6 Å². The lowest BCUT2D eigenvalue weighted by Crippen LogP contribution is -2.42. The molecule has 1 unspecified atom stereocenters. The summed E-state index contributed by atoms with van der Waals surface area (Å²) in [7, 11) is 0. The van der Waals surface area contributed by atoms with Gasteiger partial charge in [0.25, 0.3) is 0 Å². The van der Waals surface area contributed by atoms with Crippen LogP contribution in [-0.2, 0) is 4.79 Å². The summed E-state index contributed by atoms with van der Waals surface area (Å²) in [5.74, 6) is 1.20. The molecule has 1 saturated heterocycles. The van der Waals surface area contributed by atoms with Crippen molar-refractivity contribution in [1.82, 2.24) is 4.90 Å². The van der Waals surface area contributed by atoms with Crippen LogP contribution < -0.4 is 20.5 Å². The highest BCUT2D eigenvalue weighted by Gasteiger charge is 2.24. The van der Waals surface area contributed by atoms with Crippen molar-refractivity contribution in [3.05, 3.63) is 12.1 Å². The molecule has 0 bridgehead atoms. The van der Waals surface area contributed by atoms with E-state index in [9.17, 15) is 4.79 Å². The molecule has 8 heteroatoms. The van der Waals surface area contributed by atoms with E-state index in [0.717, 1.165) is 25.9 Å². The largest absolute Gasteiger partial charge is 0.454 e. The lowest BCUT2D eigenvalue weighted by Gasteiger charge is -2.26. The summed E-state index contributed by atoms with van der Waals surface area (Å²) < 4.78 is 10.6. The van der Waals surface area contributed by atoms with Gasteiger partial charge in [-0.3, -0.25) is 9.69 Å². The zero-order chi connectivity index (χ0) is 15.5. The standard InChI is InChI=1S/C16H23N3O3.2ClH/c1-11(19-6-4-2-3-5-7-19)16(20)18-13-9-15-14(8-12(13)17)21-10-22-15;;/h8-9,11H,2-7,10,17H2,1H3,(H,18,20);2*1H. The Morgan fingerprint density at radius 2 is 1.71 bits per heavy atom.